The van der Waals surface area contributed by atoms with Crippen LogP contribution in [0.25, 0.3) is 6.08 Å². The molecule has 0 radical (unpaired) electrons. The molecule has 7 nitrogen and oxygen atoms in total. The van der Waals surface area contributed by atoms with Crippen LogP contribution in [0.5, 0.6) is 11.5 Å². The number of carbonyl (C=O) groups excluding carboxylic acids is 3. The number of nitrogens with zero attached hydrogens (tertiary/aromatic N) is 1. The van der Waals surface area contributed by atoms with Gasteiger partial charge in [-0.15, -0.1) is 6.58 Å². The Morgan fingerprint density at radius 1 is 1.23 bits per heavy atom. The number of imide groups is 2. The number of phenolic OH excluding ortho intramolecular Hbond substituents is 1. The van der Waals surface area contributed by atoms with Crippen molar-refractivity contribution in [1.82, 2.24) is 5.32 Å². The molecule has 30 heavy (non-hydrogen) atoms. The van der Waals surface area contributed by atoms with Gasteiger partial charge in [0.05, 0.1) is 12.3 Å². The number of ether oxygens (including phenoxy) is 1. The Hall–Kier alpha value is -3.94. The number of hydrogen-bond acceptors (Lipinski definition) is 5. The van der Waals surface area contributed by atoms with Crippen molar-refractivity contribution < 1.29 is 28.6 Å². The Bertz CT molecular complexity index is 1080. The van der Waals surface area contributed by atoms with E-state index in [1.165, 1.54) is 30.3 Å². The highest BCUT2D eigenvalue weighted by Gasteiger charge is 2.38. The van der Waals surface area contributed by atoms with Gasteiger partial charge in [0.15, 0.2) is 11.5 Å². The zero-order chi connectivity index (χ0) is 21.8. The van der Waals surface area contributed by atoms with E-state index in [2.05, 4.69) is 6.58 Å². The lowest BCUT2D eigenvalue weighted by Gasteiger charge is -2.26. The van der Waals surface area contributed by atoms with Gasteiger partial charge in [0, 0.05) is 5.56 Å². The van der Waals surface area contributed by atoms with Gasteiger partial charge in [-0.05, 0) is 49.2 Å². The molecule has 1 saturated heterocycles. The second-order valence-corrected chi connectivity index (χ2v) is 6.36. The van der Waals surface area contributed by atoms with Crippen LogP contribution in [0.2, 0.25) is 0 Å². The molecule has 2 aromatic rings. The largest absolute Gasteiger partial charge is 0.504 e. The van der Waals surface area contributed by atoms with Gasteiger partial charge >= 0.3 is 6.03 Å². The van der Waals surface area contributed by atoms with Crippen molar-refractivity contribution in [3.05, 3.63) is 71.6 Å². The number of nitrogens with one attached hydrogen (secondary N) is 1. The zero-order valence-electron chi connectivity index (χ0n) is 16.1. The van der Waals surface area contributed by atoms with Crippen molar-refractivity contribution in [1.29, 1.82) is 0 Å². The molecule has 0 atom stereocenters. The molecule has 0 bridgehead atoms. The second kappa shape index (κ2) is 8.60. The van der Waals surface area contributed by atoms with Gasteiger partial charge in [-0.2, -0.15) is 0 Å². The number of allylic oxidation sites excluding steroid dienone is 1. The van der Waals surface area contributed by atoms with Crippen molar-refractivity contribution in [2.45, 2.75) is 13.3 Å². The third kappa shape index (κ3) is 3.93. The smallest absolute Gasteiger partial charge is 0.336 e. The van der Waals surface area contributed by atoms with Crippen LogP contribution in [-0.2, 0) is 16.0 Å². The molecule has 0 spiro atoms. The minimum atomic E-state index is -1.04. The summed E-state index contributed by atoms with van der Waals surface area (Å²) >= 11 is 0. The number of barbiturate groups is 1. The fourth-order valence-corrected chi connectivity index (χ4v) is 3.03. The molecule has 2 aromatic carbocycles. The Labute approximate surface area is 172 Å². The number of hydrogen-bond donors (Lipinski definition) is 2. The highest BCUT2D eigenvalue weighted by atomic mass is 19.1. The quantitative estimate of drug-likeness (QED) is 0.433. The maximum atomic E-state index is 14.2. The molecule has 0 aromatic heterocycles. The molecule has 3 rings (SSSR count). The Morgan fingerprint density at radius 2 is 1.97 bits per heavy atom. The summed E-state index contributed by atoms with van der Waals surface area (Å²) in [6.07, 6.45) is 3.16. The van der Waals surface area contributed by atoms with E-state index >= 15 is 0 Å². The fourth-order valence-electron chi connectivity index (χ4n) is 3.03. The van der Waals surface area contributed by atoms with Crippen molar-refractivity contribution in [2.75, 3.05) is 11.5 Å². The van der Waals surface area contributed by atoms with Crippen LogP contribution < -0.4 is 15.0 Å². The number of anilines is 1. The summed E-state index contributed by atoms with van der Waals surface area (Å²) in [5.41, 5.74) is 0.227. The Kier molecular flexibility index (Phi) is 5.96. The van der Waals surface area contributed by atoms with Gasteiger partial charge in [-0.3, -0.25) is 14.9 Å². The second-order valence-electron chi connectivity index (χ2n) is 6.36. The predicted molar refractivity (Wildman–Crippen MR) is 109 cm³/mol. The van der Waals surface area contributed by atoms with Crippen LogP contribution in [0.15, 0.2) is 54.6 Å². The van der Waals surface area contributed by atoms with Crippen molar-refractivity contribution >= 4 is 29.6 Å². The Balaban J connectivity index is 2.08. The number of benzene rings is 2. The van der Waals surface area contributed by atoms with Crippen LogP contribution in [0.1, 0.15) is 18.1 Å². The lowest BCUT2D eigenvalue weighted by molar-refractivity contribution is -0.122. The molecular weight excluding hydrogens is 391 g/mol. The molecule has 154 valence electrons. The molecule has 8 heteroatoms. The molecular formula is C22H19FN2O5. The molecule has 1 aliphatic rings. The number of aromatic hydroxyl groups is 1. The van der Waals surface area contributed by atoms with Crippen LogP contribution >= 0.6 is 0 Å². The lowest BCUT2D eigenvalue weighted by atomic mass is 10.0. The number of para-hydroxylation sites is 1. The number of carbonyl (C=O) groups is 3. The number of halogens is 1. The van der Waals surface area contributed by atoms with E-state index in [4.69, 9.17) is 4.74 Å². The standard InChI is InChI=1S/C22H19FN2O5/c1-3-7-14-10-13(12-18(19(14)26)30-4-2)11-15-20(27)24-22(29)25(21(15)28)17-9-6-5-8-16(17)23/h3,5-6,8-12,26H,1,4,7H2,2H3,(H,24,27,29)/b15-11+. The molecule has 1 fully saturated rings. The third-order valence-electron chi connectivity index (χ3n) is 4.35. The van der Waals surface area contributed by atoms with Crippen LogP contribution in [0.3, 0.4) is 0 Å². The molecule has 0 aliphatic carbocycles. The third-order valence-corrected chi connectivity index (χ3v) is 4.35. The summed E-state index contributed by atoms with van der Waals surface area (Å²) in [5, 5.41) is 12.3. The van der Waals surface area contributed by atoms with Gasteiger partial charge in [-0.1, -0.05) is 18.2 Å². The molecule has 1 heterocycles. The normalized spacial score (nSPS) is 15.3. The number of amides is 4. The summed E-state index contributed by atoms with van der Waals surface area (Å²) in [6, 6.07) is 7.23. The van der Waals surface area contributed by atoms with E-state index in [-0.39, 0.29) is 29.4 Å². The van der Waals surface area contributed by atoms with E-state index in [0.29, 0.717) is 22.4 Å². The topological polar surface area (TPSA) is 95.9 Å². The van der Waals surface area contributed by atoms with Gasteiger partial charge in [-0.25, -0.2) is 14.1 Å². The molecule has 1 aliphatic heterocycles. The van der Waals surface area contributed by atoms with E-state index < -0.39 is 23.7 Å². The summed E-state index contributed by atoms with van der Waals surface area (Å²) in [7, 11) is 0. The first-order valence-electron chi connectivity index (χ1n) is 9.13. The Morgan fingerprint density at radius 3 is 2.63 bits per heavy atom. The molecule has 0 unspecified atom stereocenters. The average molecular weight is 410 g/mol. The van der Waals surface area contributed by atoms with E-state index in [1.54, 1.807) is 19.1 Å². The predicted octanol–water partition coefficient (Wildman–Crippen LogP) is 3.32. The van der Waals surface area contributed by atoms with Gasteiger partial charge in [0.25, 0.3) is 11.8 Å². The van der Waals surface area contributed by atoms with E-state index in [1.807, 2.05) is 5.32 Å². The summed E-state index contributed by atoms with van der Waals surface area (Å²) in [4.78, 5) is 38.0. The average Bonchev–Trinajstić information content (AvgIpc) is 2.70. The SMILES string of the molecule is C=CCc1cc(/C=C2\C(=O)NC(=O)N(c3ccccc3F)C2=O)cc(OCC)c1O. The molecule has 4 amide bonds. The van der Waals surface area contributed by atoms with Gasteiger partial charge in [0.1, 0.15) is 11.4 Å². The first-order valence-corrected chi connectivity index (χ1v) is 9.13. The van der Waals surface area contributed by atoms with E-state index in [0.717, 1.165) is 6.07 Å². The number of phenols is 1. The van der Waals surface area contributed by atoms with Gasteiger partial charge < -0.3 is 9.84 Å². The highest BCUT2D eigenvalue weighted by molar-refractivity contribution is 6.39. The zero-order valence-corrected chi connectivity index (χ0v) is 16.1. The lowest BCUT2D eigenvalue weighted by Crippen LogP contribution is -2.54. The monoisotopic (exact) mass is 410 g/mol. The summed E-state index contributed by atoms with van der Waals surface area (Å²) in [6.45, 7) is 5.67. The van der Waals surface area contributed by atoms with E-state index in [9.17, 15) is 23.9 Å². The summed E-state index contributed by atoms with van der Waals surface area (Å²) < 4.78 is 19.6. The maximum Gasteiger partial charge on any atom is 0.336 e. The van der Waals surface area contributed by atoms with Crippen LogP contribution in [-0.4, -0.2) is 29.6 Å². The first kappa shape index (κ1) is 20.8. The van der Waals surface area contributed by atoms with Crippen molar-refractivity contribution in [3.8, 4) is 11.5 Å². The minimum Gasteiger partial charge on any atom is -0.504 e. The van der Waals surface area contributed by atoms with Crippen molar-refractivity contribution in [3.63, 3.8) is 0 Å². The summed E-state index contributed by atoms with van der Waals surface area (Å²) in [5.74, 6) is -2.55. The maximum absolute atomic E-state index is 14.2. The minimum absolute atomic E-state index is 0.0681. The van der Waals surface area contributed by atoms with Crippen LogP contribution in [0.4, 0.5) is 14.9 Å². The molecule has 0 saturated carbocycles. The number of urea groups is 1. The van der Waals surface area contributed by atoms with Crippen LogP contribution in [0, 0.1) is 5.82 Å². The number of rotatable bonds is 6. The highest BCUT2D eigenvalue weighted by Crippen LogP contribution is 2.33. The fraction of sp³-hybridized carbons (Fsp3) is 0.136. The van der Waals surface area contributed by atoms with Gasteiger partial charge in [0.2, 0.25) is 0 Å². The molecule has 2 N–H and O–H groups in total. The first-order chi connectivity index (χ1) is 14.4. The van der Waals surface area contributed by atoms with Crippen molar-refractivity contribution in [2.24, 2.45) is 0 Å².